The lowest BCUT2D eigenvalue weighted by atomic mass is 10.1. The van der Waals surface area contributed by atoms with Crippen molar-refractivity contribution < 1.29 is 13.2 Å². The van der Waals surface area contributed by atoms with Crippen LogP contribution in [0.2, 0.25) is 0 Å². The van der Waals surface area contributed by atoms with E-state index >= 15 is 0 Å². The van der Waals surface area contributed by atoms with Crippen molar-refractivity contribution in [2.24, 2.45) is 5.41 Å². The number of likely N-dealkylation sites (N-methyl/N-ethyl adjacent to an activating group) is 1. The second kappa shape index (κ2) is 6.77. The van der Waals surface area contributed by atoms with Crippen LogP contribution in [0.4, 0.5) is 0 Å². The molecule has 1 aromatic rings. The van der Waals surface area contributed by atoms with Gasteiger partial charge in [-0.25, -0.2) is 13.1 Å². The first-order chi connectivity index (χ1) is 10.0. The van der Waals surface area contributed by atoms with Crippen LogP contribution in [0.5, 0.6) is 5.75 Å². The molecular weight excluding hydrogens is 288 g/mol. The summed E-state index contributed by atoms with van der Waals surface area (Å²) in [6.07, 6.45) is 3.25. The summed E-state index contributed by atoms with van der Waals surface area (Å²) >= 11 is 0. The lowest BCUT2D eigenvalue weighted by Crippen LogP contribution is -2.30. The highest BCUT2D eigenvalue weighted by molar-refractivity contribution is 7.89. The standard InChI is InChI=1S/C15H24N2O3S/c1-3-15(8-9-15)12-17-21(18,19)14-6-4-13(5-7-14)20-11-10-16-2/h4-7,16-17H,3,8-12H2,1-2H3. The second-order valence-electron chi connectivity index (χ2n) is 5.60. The fourth-order valence-electron chi connectivity index (χ4n) is 2.15. The van der Waals surface area contributed by atoms with Gasteiger partial charge in [0.1, 0.15) is 12.4 Å². The Morgan fingerprint density at radius 3 is 2.43 bits per heavy atom. The van der Waals surface area contributed by atoms with Crippen LogP contribution in [0.25, 0.3) is 0 Å². The summed E-state index contributed by atoms with van der Waals surface area (Å²) in [5.74, 6) is 0.677. The molecule has 0 radical (unpaired) electrons. The summed E-state index contributed by atoms with van der Waals surface area (Å²) in [6.45, 7) is 3.95. The molecule has 1 aliphatic carbocycles. The molecule has 0 saturated heterocycles. The minimum absolute atomic E-state index is 0.198. The number of hydrogen-bond acceptors (Lipinski definition) is 4. The van der Waals surface area contributed by atoms with E-state index in [0.717, 1.165) is 25.8 Å². The third-order valence-corrected chi connectivity index (χ3v) is 5.52. The third kappa shape index (κ3) is 4.43. The highest BCUT2D eigenvalue weighted by Crippen LogP contribution is 2.48. The topological polar surface area (TPSA) is 67.4 Å². The van der Waals surface area contributed by atoms with Gasteiger partial charge in [0.25, 0.3) is 0 Å². The Labute approximate surface area is 127 Å². The number of hydrogen-bond donors (Lipinski definition) is 2. The van der Waals surface area contributed by atoms with Crippen LogP contribution in [0.3, 0.4) is 0 Å². The minimum Gasteiger partial charge on any atom is -0.492 e. The Balaban J connectivity index is 1.93. The second-order valence-corrected chi connectivity index (χ2v) is 7.37. The van der Waals surface area contributed by atoms with E-state index in [9.17, 15) is 8.42 Å². The Kier molecular flexibility index (Phi) is 5.24. The van der Waals surface area contributed by atoms with E-state index in [0.29, 0.717) is 18.9 Å². The van der Waals surface area contributed by atoms with Crippen LogP contribution in [0.15, 0.2) is 29.2 Å². The molecule has 0 heterocycles. The maximum absolute atomic E-state index is 12.2. The van der Waals surface area contributed by atoms with E-state index in [4.69, 9.17) is 4.74 Å². The largest absolute Gasteiger partial charge is 0.492 e. The highest BCUT2D eigenvalue weighted by Gasteiger charge is 2.41. The molecular formula is C15H24N2O3S. The third-order valence-electron chi connectivity index (χ3n) is 4.10. The summed E-state index contributed by atoms with van der Waals surface area (Å²) in [6, 6.07) is 6.55. The van der Waals surface area contributed by atoms with E-state index in [1.165, 1.54) is 0 Å². The van der Waals surface area contributed by atoms with Crippen molar-refractivity contribution in [2.75, 3.05) is 26.7 Å². The molecule has 2 N–H and O–H groups in total. The Bertz CT molecular complexity index is 551. The summed E-state index contributed by atoms with van der Waals surface area (Å²) < 4.78 is 32.7. The maximum Gasteiger partial charge on any atom is 0.240 e. The van der Waals surface area contributed by atoms with Gasteiger partial charge in [-0.15, -0.1) is 0 Å². The van der Waals surface area contributed by atoms with Gasteiger partial charge in [-0.1, -0.05) is 6.92 Å². The summed E-state index contributed by atoms with van der Waals surface area (Å²) in [5, 5.41) is 2.98. The quantitative estimate of drug-likeness (QED) is 0.682. The van der Waals surface area contributed by atoms with Gasteiger partial charge < -0.3 is 10.1 Å². The number of ether oxygens (including phenoxy) is 1. The van der Waals surface area contributed by atoms with E-state index in [2.05, 4.69) is 17.0 Å². The van der Waals surface area contributed by atoms with Gasteiger partial charge in [0.15, 0.2) is 0 Å². The van der Waals surface area contributed by atoms with Crippen molar-refractivity contribution in [1.82, 2.24) is 10.0 Å². The van der Waals surface area contributed by atoms with Gasteiger partial charge in [0, 0.05) is 13.1 Å². The molecule has 1 saturated carbocycles. The molecule has 0 atom stereocenters. The molecule has 0 spiro atoms. The zero-order valence-corrected chi connectivity index (χ0v) is 13.5. The Hall–Kier alpha value is -1.11. The van der Waals surface area contributed by atoms with E-state index < -0.39 is 10.0 Å². The average molecular weight is 312 g/mol. The van der Waals surface area contributed by atoms with Crippen LogP contribution in [0, 0.1) is 5.41 Å². The van der Waals surface area contributed by atoms with E-state index in [1.54, 1.807) is 24.3 Å². The lowest BCUT2D eigenvalue weighted by Gasteiger charge is -2.14. The molecule has 5 nitrogen and oxygen atoms in total. The van der Waals surface area contributed by atoms with Crippen molar-refractivity contribution in [3.8, 4) is 5.75 Å². The van der Waals surface area contributed by atoms with E-state index in [1.807, 2.05) is 7.05 Å². The van der Waals surface area contributed by atoms with Gasteiger partial charge in [-0.2, -0.15) is 0 Å². The lowest BCUT2D eigenvalue weighted by molar-refractivity contribution is 0.318. The molecule has 1 fully saturated rings. The van der Waals surface area contributed by atoms with Crippen LogP contribution in [0.1, 0.15) is 26.2 Å². The fraction of sp³-hybridized carbons (Fsp3) is 0.600. The molecule has 0 bridgehead atoms. The van der Waals surface area contributed by atoms with Crippen LogP contribution in [-0.4, -0.2) is 35.2 Å². The molecule has 2 rings (SSSR count). The van der Waals surface area contributed by atoms with Gasteiger partial charge >= 0.3 is 0 Å². The van der Waals surface area contributed by atoms with Crippen LogP contribution in [-0.2, 0) is 10.0 Å². The molecule has 6 heteroatoms. The minimum atomic E-state index is -3.42. The number of benzene rings is 1. The fourth-order valence-corrected chi connectivity index (χ4v) is 3.31. The van der Waals surface area contributed by atoms with Gasteiger partial charge in [0.2, 0.25) is 10.0 Å². The summed E-state index contributed by atoms with van der Waals surface area (Å²) in [7, 11) is -1.57. The average Bonchev–Trinajstić information content (AvgIpc) is 3.27. The first kappa shape index (κ1) is 16.3. The zero-order valence-electron chi connectivity index (χ0n) is 12.7. The van der Waals surface area contributed by atoms with Crippen LogP contribution >= 0.6 is 0 Å². The first-order valence-corrected chi connectivity index (χ1v) is 8.87. The monoisotopic (exact) mass is 312 g/mol. The Morgan fingerprint density at radius 2 is 1.90 bits per heavy atom. The smallest absolute Gasteiger partial charge is 0.240 e. The van der Waals surface area contributed by atoms with Gasteiger partial charge in [0.05, 0.1) is 4.90 Å². The zero-order chi connectivity index (χ0) is 15.3. The first-order valence-electron chi connectivity index (χ1n) is 7.38. The predicted molar refractivity (Wildman–Crippen MR) is 83.0 cm³/mol. The molecule has 1 aliphatic rings. The van der Waals surface area contributed by atoms with Gasteiger partial charge in [-0.05, 0) is 56.0 Å². The van der Waals surface area contributed by atoms with Crippen molar-refractivity contribution in [2.45, 2.75) is 31.1 Å². The predicted octanol–water partition coefficient (Wildman–Crippen LogP) is 1.75. The number of sulfonamides is 1. The molecule has 1 aromatic carbocycles. The summed E-state index contributed by atoms with van der Waals surface area (Å²) in [5.41, 5.74) is 0.198. The normalized spacial score (nSPS) is 16.7. The SMILES string of the molecule is CCC1(CNS(=O)(=O)c2ccc(OCCNC)cc2)CC1. The molecule has 21 heavy (non-hydrogen) atoms. The van der Waals surface area contributed by atoms with Crippen molar-refractivity contribution >= 4 is 10.0 Å². The molecule has 0 aliphatic heterocycles. The number of rotatable bonds is 9. The number of nitrogens with one attached hydrogen (secondary N) is 2. The molecule has 118 valence electrons. The Morgan fingerprint density at radius 1 is 1.24 bits per heavy atom. The van der Waals surface area contributed by atoms with E-state index in [-0.39, 0.29) is 10.3 Å². The molecule has 0 aromatic heterocycles. The highest BCUT2D eigenvalue weighted by atomic mass is 32.2. The summed E-state index contributed by atoms with van der Waals surface area (Å²) in [4.78, 5) is 0.287. The van der Waals surface area contributed by atoms with Crippen molar-refractivity contribution in [3.05, 3.63) is 24.3 Å². The van der Waals surface area contributed by atoms with Crippen molar-refractivity contribution in [1.29, 1.82) is 0 Å². The molecule has 0 unspecified atom stereocenters. The van der Waals surface area contributed by atoms with Crippen LogP contribution < -0.4 is 14.8 Å². The van der Waals surface area contributed by atoms with Crippen molar-refractivity contribution in [3.63, 3.8) is 0 Å². The maximum atomic E-state index is 12.2. The molecule has 0 amide bonds. The van der Waals surface area contributed by atoms with Gasteiger partial charge in [-0.3, -0.25) is 0 Å².